The van der Waals surface area contributed by atoms with Crippen molar-refractivity contribution in [2.45, 2.75) is 13.5 Å². The number of anilines is 1. The van der Waals surface area contributed by atoms with Gasteiger partial charge in [-0.25, -0.2) is 4.39 Å². The maximum absolute atomic E-state index is 12.9. The third-order valence-electron chi connectivity index (χ3n) is 3.85. The first-order chi connectivity index (χ1) is 12.9. The smallest absolute Gasteiger partial charge is 0.249 e. The van der Waals surface area contributed by atoms with Gasteiger partial charge in [-0.05, 0) is 48.4 Å². The molecular formula is C20H16Cl2FN3O. The van der Waals surface area contributed by atoms with E-state index in [0.29, 0.717) is 22.4 Å². The molecule has 7 heteroatoms. The Morgan fingerprint density at radius 1 is 1.15 bits per heavy atom. The second kappa shape index (κ2) is 8.37. The van der Waals surface area contributed by atoms with E-state index >= 15 is 0 Å². The normalized spacial score (nSPS) is 11.1. The van der Waals surface area contributed by atoms with Crippen LogP contribution in [0.5, 0.6) is 0 Å². The van der Waals surface area contributed by atoms with Crippen LogP contribution in [0.4, 0.5) is 10.2 Å². The quantitative estimate of drug-likeness (QED) is 0.584. The molecule has 0 aliphatic rings. The van der Waals surface area contributed by atoms with Gasteiger partial charge in [-0.1, -0.05) is 41.4 Å². The number of carbonyl (C=O) groups is 1. The van der Waals surface area contributed by atoms with Gasteiger partial charge in [0.15, 0.2) is 5.82 Å². The Hall–Kier alpha value is -2.63. The Labute approximate surface area is 166 Å². The van der Waals surface area contributed by atoms with Gasteiger partial charge in [0.1, 0.15) is 5.82 Å². The van der Waals surface area contributed by atoms with Gasteiger partial charge in [-0.3, -0.25) is 9.48 Å². The molecule has 0 unspecified atom stereocenters. The molecule has 0 bridgehead atoms. The first kappa shape index (κ1) is 19.1. The zero-order chi connectivity index (χ0) is 19.4. The maximum Gasteiger partial charge on any atom is 0.249 e. The van der Waals surface area contributed by atoms with Crippen molar-refractivity contribution in [3.8, 4) is 0 Å². The van der Waals surface area contributed by atoms with E-state index in [1.807, 2.05) is 13.0 Å². The molecular weight excluding hydrogens is 388 g/mol. The van der Waals surface area contributed by atoms with Crippen molar-refractivity contribution in [2.75, 3.05) is 5.32 Å². The Balaban J connectivity index is 1.65. The monoisotopic (exact) mass is 403 g/mol. The second-order valence-corrected chi connectivity index (χ2v) is 6.77. The largest absolute Gasteiger partial charge is 0.306 e. The molecule has 2 aromatic carbocycles. The molecule has 1 amide bonds. The fraction of sp³-hybridized carbons (Fsp3) is 0.100. The lowest BCUT2D eigenvalue weighted by Gasteiger charge is -2.05. The highest BCUT2D eigenvalue weighted by Gasteiger charge is 2.08. The molecule has 4 nitrogen and oxygen atoms in total. The average Bonchev–Trinajstić information content (AvgIpc) is 2.96. The van der Waals surface area contributed by atoms with Crippen molar-refractivity contribution in [3.05, 3.63) is 87.3 Å². The highest BCUT2D eigenvalue weighted by Crippen LogP contribution is 2.23. The lowest BCUT2D eigenvalue weighted by atomic mass is 10.2. The number of benzene rings is 2. The van der Waals surface area contributed by atoms with Gasteiger partial charge in [0.25, 0.3) is 0 Å². The molecule has 0 atom stereocenters. The zero-order valence-electron chi connectivity index (χ0n) is 14.4. The van der Waals surface area contributed by atoms with E-state index in [0.717, 1.165) is 16.8 Å². The molecule has 0 spiro atoms. The number of aromatic nitrogens is 2. The fourth-order valence-electron chi connectivity index (χ4n) is 2.46. The molecule has 27 heavy (non-hydrogen) atoms. The Kier molecular flexibility index (Phi) is 5.94. The standard InChI is InChI=1S/C20H16Cl2FN3O/c1-13-10-19(24-20(27)9-5-14-2-6-16(23)7-3-14)25-26(13)12-15-4-8-17(21)18(22)11-15/h2-11H,12H2,1H3,(H,24,25,27)/b9-5+. The zero-order valence-corrected chi connectivity index (χ0v) is 15.9. The molecule has 0 aliphatic carbocycles. The van der Waals surface area contributed by atoms with Crippen LogP contribution in [-0.4, -0.2) is 15.7 Å². The van der Waals surface area contributed by atoms with Gasteiger partial charge in [-0.2, -0.15) is 5.10 Å². The summed E-state index contributed by atoms with van der Waals surface area (Å²) < 4.78 is 14.6. The summed E-state index contributed by atoms with van der Waals surface area (Å²) in [5, 5.41) is 8.08. The average molecular weight is 404 g/mol. The first-order valence-electron chi connectivity index (χ1n) is 8.14. The van der Waals surface area contributed by atoms with Crippen LogP contribution in [0.15, 0.2) is 54.6 Å². The Morgan fingerprint density at radius 2 is 1.89 bits per heavy atom. The van der Waals surface area contributed by atoms with Gasteiger partial charge in [-0.15, -0.1) is 0 Å². The SMILES string of the molecule is Cc1cc(NC(=O)/C=C/c2ccc(F)cc2)nn1Cc1ccc(Cl)c(Cl)c1. The first-order valence-corrected chi connectivity index (χ1v) is 8.89. The molecule has 3 rings (SSSR count). The van der Waals surface area contributed by atoms with Gasteiger partial charge in [0.2, 0.25) is 5.91 Å². The number of amides is 1. The topological polar surface area (TPSA) is 46.9 Å². The summed E-state index contributed by atoms with van der Waals surface area (Å²) >= 11 is 12.0. The number of nitrogens with one attached hydrogen (secondary N) is 1. The summed E-state index contributed by atoms with van der Waals surface area (Å²) in [6.07, 6.45) is 2.98. The highest BCUT2D eigenvalue weighted by atomic mass is 35.5. The van der Waals surface area contributed by atoms with Gasteiger partial charge in [0, 0.05) is 17.8 Å². The minimum absolute atomic E-state index is 0.320. The Bertz CT molecular complexity index is 997. The summed E-state index contributed by atoms with van der Waals surface area (Å²) in [5.74, 6) is -0.195. The maximum atomic E-state index is 12.9. The summed E-state index contributed by atoms with van der Waals surface area (Å²) in [5.41, 5.74) is 2.57. The van der Waals surface area contributed by atoms with Crippen molar-refractivity contribution in [2.24, 2.45) is 0 Å². The van der Waals surface area contributed by atoms with Crippen LogP contribution in [0, 0.1) is 12.7 Å². The van der Waals surface area contributed by atoms with Crippen molar-refractivity contribution in [3.63, 3.8) is 0 Å². The lowest BCUT2D eigenvalue weighted by molar-refractivity contribution is -0.111. The van der Waals surface area contributed by atoms with Crippen molar-refractivity contribution >= 4 is 41.0 Å². The number of aryl methyl sites for hydroxylation is 1. The van der Waals surface area contributed by atoms with Gasteiger partial charge < -0.3 is 5.32 Å². The van der Waals surface area contributed by atoms with Crippen LogP contribution >= 0.6 is 23.2 Å². The molecule has 0 fully saturated rings. The number of hydrogen-bond donors (Lipinski definition) is 1. The van der Waals surface area contributed by atoms with Crippen LogP contribution < -0.4 is 5.32 Å². The van der Waals surface area contributed by atoms with Gasteiger partial charge in [0.05, 0.1) is 16.6 Å². The van der Waals surface area contributed by atoms with E-state index in [1.165, 1.54) is 18.2 Å². The third-order valence-corrected chi connectivity index (χ3v) is 4.59. The molecule has 3 aromatic rings. The van der Waals surface area contributed by atoms with E-state index in [2.05, 4.69) is 10.4 Å². The van der Waals surface area contributed by atoms with Crippen LogP contribution in [0.2, 0.25) is 10.0 Å². The predicted molar refractivity (Wildman–Crippen MR) is 107 cm³/mol. The second-order valence-electron chi connectivity index (χ2n) is 5.95. The van der Waals surface area contributed by atoms with Crippen LogP contribution in [0.3, 0.4) is 0 Å². The number of halogens is 3. The van der Waals surface area contributed by atoms with E-state index in [9.17, 15) is 9.18 Å². The summed E-state index contributed by atoms with van der Waals surface area (Å²) in [7, 11) is 0. The minimum Gasteiger partial charge on any atom is -0.306 e. The van der Waals surface area contributed by atoms with Crippen molar-refractivity contribution in [1.29, 1.82) is 0 Å². The molecule has 0 aliphatic heterocycles. The highest BCUT2D eigenvalue weighted by molar-refractivity contribution is 6.42. The predicted octanol–water partition coefficient (Wildman–Crippen LogP) is 5.34. The van der Waals surface area contributed by atoms with Gasteiger partial charge >= 0.3 is 0 Å². The molecule has 138 valence electrons. The van der Waals surface area contributed by atoms with Crippen LogP contribution in [0.1, 0.15) is 16.8 Å². The van der Waals surface area contributed by atoms with Crippen molar-refractivity contribution < 1.29 is 9.18 Å². The van der Waals surface area contributed by atoms with Crippen LogP contribution in [0.25, 0.3) is 6.08 Å². The van der Waals surface area contributed by atoms with E-state index < -0.39 is 0 Å². The molecule has 1 N–H and O–H groups in total. The number of carbonyl (C=O) groups excluding carboxylic acids is 1. The van der Waals surface area contributed by atoms with E-state index in [-0.39, 0.29) is 11.7 Å². The summed E-state index contributed by atoms with van der Waals surface area (Å²) in [6, 6.07) is 13.0. The van der Waals surface area contributed by atoms with E-state index in [1.54, 1.807) is 41.1 Å². The Morgan fingerprint density at radius 3 is 2.59 bits per heavy atom. The van der Waals surface area contributed by atoms with Crippen molar-refractivity contribution in [1.82, 2.24) is 9.78 Å². The number of nitrogens with zero attached hydrogens (tertiary/aromatic N) is 2. The minimum atomic E-state index is -0.321. The molecule has 0 radical (unpaired) electrons. The van der Waals surface area contributed by atoms with Crippen LogP contribution in [-0.2, 0) is 11.3 Å². The summed E-state index contributed by atoms with van der Waals surface area (Å²) in [4.78, 5) is 12.1. The number of hydrogen-bond acceptors (Lipinski definition) is 2. The fourth-order valence-corrected chi connectivity index (χ4v) is 2.78. The third kappa shape index (κ3) is 5.18. The molecule has 0 saturated carbocycles. The molecule has 0 saturated heterocycles. The number of rotatable bonds is 5. The summed E-state index contributed by atoms with van der Waals surface area (Å²) in [6.45, 7) is 2.40. The molecule has 1 aromatic heterocycles. The lowest BCUT2D eigenvalue weighted by Crippen LogP contribution is -2.09. The van der Waals surface area contributed by atoms with E-state index in [4.69, 9.17) is 23.2 Å². The molecule has 1 heterocycles.